The second kappa shape index (κ2) is 8.85. The first-order chi connectivity index (χ1) is 13.4. The molecule has 3 rings (SSSR count). The Labute approximate surface area is 170 Å². The molecule has 2 aromatic heterocycles. The lowest BCUT2D eigenvalue weighted by Gasteiger charge is -2.15. The van der Waals surface area contributed by atoms with E-state index in [2.05, 4.69) is 9.97 Å². The summed E-state index contributed by atoms with van der Waals surface area (Å²) in [5.74, 6) is 1.38. The van der Waals surface area contributed by atoms with Gasteiger partial charge in [0.15, 0.2) is 16.3 Å². The van der Waals surface area contributed by atoms with Crippen molar-refractivity contribution in [2.24, 2.45) is 7.05 Å². The minimum absolute atomic E-state index is 0.0306. The summed E-state index contributed by atoms with van der Waals surface area (Å²) in [4.78, 5) is 31.0. The molecule has 8 nitrogen and oxygen atoms in total. The number of benzene rings is 1. The number of aliphatic hydroxyl groups is 1. The van der Waals surface area contributed by atoms with Crippen LogP contribution in [0, 0.1) is 0 Å². The highest BCUT2D eigenvalue weighted by molar-refractivity contribution is 7.99. The van der Waals surface area contributed by atoms with Crippen molar-refractivity contribution in [3.8, 4) is 5.75 Å². The fraction of sp³-hybridized carbons (Fsp3) is 0.389. The summed E-state index contributed by atoms with van der Waals surface area (Å²) in [7, 11) is 1.55. The Bertz CT molecular complexity index is 1070. The van der Waals surface area contributed by atoms with Gasteiger partial charge in [-0.05, 0) is 30.7 Å². The van der Waals surface area contributed by atoms with Crippen molar-refractivity contribution in [3.05, 3.63) is 50.1 Å². The van der Waals surface area contributed by atoms with Crippen LogP contribution in [-0.4, -0.2) is 42.7 Å². The molecule has 0 aliphatic rings. The van der Waals surface area contributed by atoms with Crippen molar-refractivity contribution in [1.29, 1.82) is 0 Å². The first-order valence-electron chi connectivity index (χ1n) is 8.79. The van der Waals surface area contributed by atoms with Gasteiger partial charge in [-0.25, -0.2) is 9.78 Å². The Hall–Kier alpha value is -2.23. The summed E-state index contributed by atoms with van der Waals surface area (Å²) in [5.41, 5.74) is -0.509. The number of thioether (sulfide) groups is 1. The van der Waals surface area contributed by atoms with Crippen molar-refractivity contribution < 1.29 is 9.84 Å². The molecule has 0 aliphatic carbocycles. The van der Waals surface area contributed by atoms with Gasteiger partial charge < -0.3 is 14.4 Å². The number of rotatable bonds is 8. The Kier molecular flexibility index (Phi) is 6.48. The van der Waals surface area contributed by atoms with Crippen molar-refractivity contribution in [3.63, 3.8) is 0 Å². The lowest BCUT2D eigenvalue weighted by atomic mass is 10.3. The van der Waals surface area contributed by atoms with Gasteiger partial charge in [0.2, 0.25) is 0 Å². The van der Waals surface area contributed by atoms with E-state index in [0.29, 0.717) is 15.9 Å². The zero-order valence-electron chi connectivity index (χ0n) is 15.5. The molecule has 0 bridgehead atoms. The van der Waals surface area contributed by atoms with Gasteiger partial charge in [-0.1, -0.05) is 30.3 Å². The standard InChI is InChI=1S/C18H21ClN4O4S/c1-3-8-28-18-20-15-14(16(25)21-17(26)22(15)2)23(18)9-12(24)10-27-13-6-4-11(19)5-7-13/h4-7,12,24H,3,8-10H2,1-2H3,(H,21,25,26). The SMILES string of the molecule is CCCSc1nc2c(c(=O)[nH]c(=O)n2C)n1CC(O)COc1ccc(Cl)cc1. The molecule has 150 valence electrons. The average Bonchev–Trinajstić information content (AvgIpc) is 3.03. The van der Waals surface area contributed by atoms with E-state index in [0.717, 1.165) is 12.2 Å². The molecular formula is C18H21ClN4O4S. The normalized spacial score (nSPS) is 12.4. The Morgan fingerprint density at radius 1 is 1.32 bits per heavy atom. The van der Waals surface area contributed by atoms with Crippen molar-refractivity contribution >= 4 is 34.5 Å². The van der Waals surface area contributed by atoms with E-state index < -0.39 is 17.4 Å². The lowest BCUT2D eigenvalue weighted by molar-refractivity contribution is 0.0914. The maximum absolute atomic E-state index is 12.4. The van der Waals surface area contributed by atoms with E-state index in [9.17, 15) is 14.7 Å². The van der Waals surface area contributed by atoms with Gasteiger partial charge in [0.25, 0.3) is 5.56 Å². The second-order valence-electron chi connectivity index (χ2n) is 6.26. The van der Waals surface area contributed by atoms with Gasteiger partial charge in [-0.15, -0.1) is 0 Å². The topological polar surface area (TPSA) is 102 Å². The second-order valence-corrected chi connectivity index (χ2v) is 7.76. The van der Waals surface area contributed by atoms with Gasteiger partial charge in [0.1, 0.15) is 18.5 Å². The number of aromatic amines is 1. The number of ether oxygens (including phenoxy) is 1. The average molecular weight is 425 g/mol. The number of hydrogen-bond acceptors (Lipinski definition) is 6. The van der Waals surface area contributed by atoms with E-state index >= 15 is 0 Å². The molecule has 0 saturated carbocycles. The van der Waals surface area contributed by atoms with Crippen LogP contribution in [0.25, 0.3) is 11.2 Å². The number of aliphatic hydroxyl groups excluding tert-OH is 1. The van der Waals surface area contributed by atoms with Gasteiger partial charge in [-0.2, -0.15) is 0 Å². The fourth-order valence-corrected chi connectivity index (χ4v) is 3.66. The van der Waals surface area contributed by atoms with E-state index in [1.54, 1.807) is 35.9 Å². The first-order valence-corrected chi connectivity index (χ1v) is 10.2. The number of imidazole rings is 1. The summed E-state index contributed by atoms with van der Waals surface area (Å²) in [6.07, 6.45) is 0.0384. The van der Waals surface area contributed by atoms with Crippen LogP contribution in [0.3, 0.4) is 0 Å². The van der Waals surface area contributed by atoms with Crippen LogP contribution >= 0.6 is 23.4 Å². The van der Waals surface area contributed by atoms with Crippen molar-refractivity contribution in [2.45, 2.75) is 31.1 Å². The Morgan fingerprint density at radius 2 is 2.04 bits per heavy atom. The minimum atomic E-state index is -0.884. The molecule has 28 heavy (non-hydrogen) atoms. The van der Waals surface area contributed by atoms with Crippen LogP contribution in [0.1, 0.15) is 13.3 Å². The third-order valence-corrected chi connectivity index (χ3v) is 5.49. The molecule has 3 aromatic rings. The monoisotopic (exact) mass is 424 g/mol. The van der Waals surface area contributed by atoms with Crippen LogP contribution in [0.15, 0.2) is 39.0 Å². The maximum atomic E-state index is 12.4. The molecule has 0 saturated heterocycles. The zero-order valence-corrected chi connectivity index (χ0v) is 17.1. The van der Waals surface area contributed by atoms with Gasteiger partial charge in [0.05, 0.1) is 6.54 Å². The summed E-state index contributed by atoms with van der Waals surface area (Å²) < 4.78 is 8.52. The van der Waals surface area contributed by atoms with Crippen molar-refractivity contribution in [1.82, 2.24) is 19.1 Å². The van der Waals surface area contributed by atoms with E-state index in [4.69, 9.17) is 16.3 Å². The molecule has 0 spiro atoms. The zero-order chi connectivity index (χ0) is 20.3. The van der Waals surface area contributed by atoms with E-state index in [1.807, 2.05) is 6.92 Å². The fourth-order valence-electron chi connectivity index (χ4n) is 2.67. The third-order valence-electron chi connectivity index (χ3n) is 4.06. The molecule has 1 unspecified atom stereocenters. The van der Waals surface area contributed by atoms with Gasteiger partial charge in [0, 0.05) is 17.8 Å². The molecule has 10 heteroatoms. The molecule has 0 aliphatic heterocycles. The van der Waals surface area contributed by atoms with Crippen LogP contribution < -0.4 is 16.0 Å². The largest absolute Gasteiger partial charge is 0.491 e. The van der Waals surface area contributed by atoms with Crippen LogP contribution in [-0.2, 0) is 13.6 Å². The number of H-pyrrole nitrogens is 1. The predicted octanol–water partition coefficient (Wildman–Crippen LogP) is 2.02. The molecule has 0 radical (unpaired) electrons. The summed E-state index contributed by atoms with van der Waals surface area (Å²) >= 11 is 7.32. The highest BCUT2D eigenvalue weighted by Crippen LogP contribution is 2.23. The quantitative estimate of drug-likeness (QED) is 0.536. The van der Waals surface area contributed by atoms with E-state index in [1.165, 1.54) is 16.3 Å². The van der Waals surface area contributed by atoms with Crippen LogP contribution in [0.2, 0.25) is 5.02 Å². The Morgan fingerprint density at radius 3 is 2.71 bits per heavy atom. The number of nitrogens with one attached hydrogen (secondary N) is 1. The van der Waals surface area contributed by atoms with Crippen LogP contribution in [0.4, 0.5) is 0 Å². The molecular weight excluding hydrogens is 404 g/mol. The lowest BCUT2D eigenvalue weighted by Crippen LogP contribution is -2.30. The highest BCUT2D eigenvalue weighted by atomic mass is 35.5. The number of halogens is 1. The Balaban J connectivity index is 1.87. The van der Waals surface area contributed by atoms with E-state index in [-0.39, 0.29) is 24.3 Å². The molecule has 2 N–H and O–H groups in total. The predicted molar refractivity (Wildman–Crippen MR) is 110 cm³/mol. The summed E-state index contributed by atoms with van der Waals surface area (Å²) in [5, 5.41) is 11.6. The molecule has 2 heterocycles. The van der Waals surface area contributed by atoms with Gasteiger partial charge in [-0.3, -0.25) is 14.3 Å². The maximum Gasteiger partial charge on any atom is 0.329 e. The smallest absolute Gasteiger partial charge is 0.329 e. The number of hydrogen-bond donors (Lipinski definition) is 2. The minimum Gasteiger partial charge on any atom is -0.491 e. The number of nitrogens with zero attached hydrogens (tertiary/aromatic N) is 3. The molecule has 1 aromatic carbocycles. The third kappa shape index (κ3) is 4.43. The molecule has 1 atom stereocenters. The number of aromatic nitrogens is 4. The first kappa shape index (κ1) is 20.5. The van der Waals surface area contributed by atoms with Gasteiger partial charge >= 0.3 is 5.69 Å². The molecule has 0 fully saturated rings. The van der Waals surface area contributed by atoms with Crippen LogP contribution in [0.5, 0.6) is 5.75 Å². The number of aryl methyl sites for hydroxylation is 1. The molecule has 0 amide bonds. The summed E-state index contributed by atoms with van der Waals surface area (Å²) in [6, 6.07) is 6.83. The summed E-state index contributed by atoms with van der Waals surface area (Å²) in [6.45, 7) is 2.18. The number of fused-ring (bicyclic) bond motifs is 1. The van der Waals surface area contributed by atoms with Crippen molar-refractivity contribution in [2.75, 3.05) is 12.4 Å². The highest BCUT2D eigenvalue weighted by Gasteiger charge is 2.20.